The van der Waals surface area contributed by atoms with E-state index in [2.05, 4.69) is 8.92 Å². The number of carbonyl (C=O) groups is 2. The van der Waals surface area contributed by atoms with Crippen LogP contribution in [0.4, 0.5) is 18.0 Å². The molecule has 1 aliphatic rings. The number of nitrogens with zero attached hydrogens (tertiary/aromatic N) is 1. The lowest BCUT2D eigenvalue weighted by Crippen LogP contribution is -2.47. The summed E-state index contributed by atoms with van der Waals surface area (Å²) in [5, 5.41) is 0. The minimum atomic E-state index is -6.03. The lowest BCUT2D eigenvalue weighted by Gasteiger charge is -2.34. The van der Waals surface area contributed by atoms with E-state index in [1.165, 1.54) is 13.8 Å². The van der Waals surface area contributed by atoms with Gasteiger partial charge in [0.05, 0.1) is 12.6 Å². The normalized spacial score (nSPS) is 18.0. The van der Waals surface area contributed by atoms with Crippen LogP contribution >= 0.6 is 0 Å². The van der Waals surface area contributed by atoms with Gasteiger partial charge in [-0.05, 0) is 34.6 Å². The first-order valence-corrected chi connectivity index (χ1v) is 8.69. The Bertz CT molecular complexity index is 733. The second-order valence-electron chi connectivity index (χ2n) is 7.05. The van der Waals surface area contributed by atoms with Crippen molar-refractivity contribution in [3.63, 3.8) is 0 Å². The molecule has 0 spiro atoms. The van der Waals surface area contributed by atoms with Crippen LogP contribution in [0, 0.1) is 0 Å². The van der Waals surface area contributed by atoms with Crippen molar-refractivity contribution in [2.24, 2.45) is 0 Å². The Kier molecular flexibility index (Phi) is 5.63. The standard InChI is InChI=1S/C14H20F3NO7S/c1-12(2,3)24-11(20)18-9(10(19)23-6)8(7-13(18,4)5)25-26(21,22)14(15,16)17/h7H2,1-6H3. The molecule has 0 radical (unpaired) electrons. The fraction of sp³-hybridized carbons (Fsp3) is 0.714. The van der Waals surface area contributed by atoms with Crippen LogP contribution in [-0.2, 0) is 28.6 Å². The molecule has 0 aromatic rings. The fourth-order valence-electron chi connectivity index (χ4n) is 2.18. The van der Waals surface area contributed by atoms with Crippen molar-refractivity contribution in [1.82, 2.24) is 4.90 Å². The number of esters is 1. The van der Waals surface area contributed by atoms with Gasteiger partial charge >= 0.3 is 27.7 Å². The Hall–Kier alpha value is -1.98. The van der Waals surface area contributed by atoms with Crippen LogP contribution in [0.15, 0.2) is 11.5 Å². The van der Waals surface area contributed by atoms with Crippen LogP contribution in [0.5, 0.6) is 0 Å². The summed E-state index contributed by atoms with van der Waals surface area (Å²) in [7, 11) is -5.11. The van der Waals surface area contributed by atoms with Crippen LogP contribution < -0.4 is 0 Å². The molecule has 150 valence electrons. The van der Waals surface area contributed by atoms with Gasteiger partial charge in [-0.1, -0.05) is 0 Å². The molecule has 0 bridgehead atoms. The number of halogens is 3. The molecule has 1 heterocycles. The quantitative estimate of drug-likeness (QED) is 0.406. The first-order chi connectivity index (χ1) is 11.4. The lowest BCUT2D eigenvalue weighted by molar-refractivity contribution is -0.138. The predicted molar refractivity (Wildman–Crippen MR) is 81.9 cm³/mol. The Morgan fingerprint density at radius 2 is 1.65 bits per heavy atom. The Morgan fingerprint density at radius 1 is 1.15 bits per heavy atom. The summed E-state index contributed by atoms with van der Waals surface area (Å²) in [6, 6.07) is 0. The van der Waals surface area contributed by atoms with Gasteiger partial charge in [-0.15, -0.1) is 0 Å². The van der Waals surface area contributed by atoms with Crippen molar-refractivity contribution < 1.29 is 44.8 Å². The van der Waals surface area contributed by atoms with Gasteiger partial charge in [0.2, 0.25) is 0 Å². The number of alkyl halides is 3. The van der Waals surface area contributed by atoms with Crippen molar-refractivity contribution in [3.05, 3.63) is 11.5 Å². The van der Waals surface area contributed by atoms with Gasteiger partial charge in [-0.3, -0.25) is 4.90 Å². The predicted octanol–water partition coefficient (Wildman–Crippen LogP) is 2.66. The zero-order valence-electron chi connectivity index (χ0n) is 15.1. The number of hydrogen-bond acceptors (Lipinski definition) is 7. The van der Waals surface area contributed by atoms with Crippen molar-refractivity contribution in [2.45, 2.75) is 57.7 Å². The van der Waals surface area contributed by atoms with Gasteiger partial charge in [0.15, 0.2) is 11.5 Å². The number of ether oxygens (including phenoxy) is 2. The Morgan fingerprint density at radius 3 is 2.04 bits per heavy atom. The van der Waals surface area contributed by atoms with Crippen molar-refractivity contribution in [3.8, 4) is 0 Å². The van der Waals surface area contributed by atoms with Gasteiger partial charge in [0, 0.05) is 6.42 Å². The molecule has 1 rings (SSSR count). The van der Waals surface area contributed by atoms with E-state index in [0.717, 1.165) is 12.0 Å². The second kappa shape index (κ2) is 6.63. The number of hydrogen-bond donors (Lipinski definition) is 0. The SMILES string of the molecule is COC(=O)C1=C(OS(=O)(=O)C(F)(F)F)CC(C)(C)N1C(=O)OC(C)(C)C. The van der Waals surface area contributed by atoms with Crippen LogP contribution in [0.2, 0.25) is 0 Å². The summed E-state index contributed by atoms with van der Waals surface area (Å²) in [5.74, 6) is -2.10. The van der Waals surface area contributed by atoms with Crippen molar-refractivity contribution >= 4 is 22.2 Å². The van der Waals surface area contributed by atoms with Crippen LogP contribution in [0.25, 0.3) is 0 Å². The van der Waals surface area contributed by atoms with E-state index in [9.17, 15) is 31.2 Å². The van der Waals surface area contributed by atoms with Crippen molar-refractivity contribution in [2.75, 3.05) is 7.11 Å². The molecular formula is C14H20F3NO7S. The molecule has 0 aliphatic carbocycles. The van der Waals surface area contributed by atoms with E-state index >= 15 is 0 Å². The highest BCUT2D eigenvalue weighted by atomic mass is 32.2. The highest BCUT2D eigenvalue weighted by Crippen LogP contribution is 2.41. The molecule has 0 saturated carbocycles. The summed E-state index contributed by atoms with van der Waals surface area (Å²) in [6.07, 6.45) is -1.54. The molecule has 0 fully saturated rings. The maximum absolute atomic E-state index is 12.6. The zero-order valence-corrected chi connectivity index (χ0v) is 15.9. The molecule has 0 N–H and O–H groups in total. The van der Waals surface area contributed by atoms with E-state index in [-0.39, 0.29) is 0 Å². The highest BCUT2D eigenvalue weighted by Gasteiger charge is 2.53. The van der Waals surface area contributed by atoms with Crippen LogP contribution in [0.1, 0.15) is 41.0 Å². The number of methoxy groups -OCH3 is 1. The molecule has 1 amide bonds. The molecule has 1 aliphatic heterocycles. The molecule has 0 atom stereocenters. The van der Waals surface area contributed by atoms with E-state index in [1.54, 1.807) is 20.8 Å². The van der Waals surface area contributed by atoms with Gasteiger partial charge in [-0.2, -0.15) is 21.6 Å². The summed E-state index contributed by atoms with van der Waals surface area (Å²) in [6.45, 7) is 7.43. The summed E-state index contributed by atoms with van der Waals surface area (Å²) in [5.41, 5.74) is -8.75. The number of amides is 1. The third kappa shape index (κ3) is 4.59. The lowest BCUT2D eigenvalue weighted by atomic mass is 10.0. The first-order valence-electron chi connectivity index (χ1n) is 7.28. The van der Waals surface area contributed by atoms with E-state index in [1.807, 2.05) is 0 Å². The third-order valence-electron chi connectivity index (χ3n) is 3.13. The molecule has 8 nitrogen and oxygen atoms in total. The molecule has 0 unspecified atom stereocenters. The number of carbonyl (C=O) groups excluding carboxylic acids is 2. The average Bonchev–Trinajstić information content (AvgIpc) is 2.64. The van der Waals surface area contributed by atoms with Gasteiger partial charge in [0.1, 0.15) is 5.60 Å². The molecular weight excluding hydrogens is 383 g/mol. The Balaban J connectivity index is 3.46. The van der Waals surface area contributed by atoms with Gasteiger partial charge in [-0.25, -0.2) is 9.59 Å². The zero-order chi connectivity index (χ0) is 20.7. The van der Waals surface area contributed by atoms with Gasteiger partial charge in [0.25, 0.3) is 0 Å². The third-order valence-corrected chi connectivity index (χ3v) is 4.12. The minimum absolute atomic E-state index is 0.480. The number of rotatable bonds is 3. The summed E-state index contributed by atoms with van der Waals surface area (Å²) >= 11 is 0. The average molecular weight is 403 g/mol. The Labute approximate surface area is 149 Å². The second-order valence-corrected chi connectivity index (χ2v) is 8.59. The molecule has 26 heavy (non-hydrogen) atoms. The van der Waals surface area contributed by atoms with E-state index in [0.29, 0.717) is 0 Å². The maximum Gasteiger partial charge on any atom is 0.534 e. The summed E-state index contributed by atoms with van der Waals surface area (Å²) < 4.78 is 74.2. The largest absolute Gasteiger partial charge is 0.534 e. The van der Waals surface area contributed by atoms with Crippen molar-refractivity contribution in [1.29, 1.82) is 0 Å². The fourth-order valence-corrected chi connectivity index (χ4v) is 2.68. The highest BCUT2D eigenvalue weighted by molar-refractivity contribution is 7.87. The monoisotopic (exact) mass is 403 g/mol. The molecule has 0 aromatic heterocycles. The van der Waals surface area contributed by atoms with Crippen LogP contribution in [-0.4, -0.2) is 49.1 Å². The molecule has 12 heteroatoms. The first kappa shape index (κ1) is 22.1. The topological polar surface area (TPSA) is 99.2 Å². The van der Waals surface area contributed by atoms with E-state index < -0.39 is 56.7 Å². The molecule has 0 aromatic carbocycles. The molecule has 0 saturated heterocycles. The van der Waals surface area contributed by atoms with E-state index in [4.69, 9.17) is 4.74 Å². The van der Waals surface area contributed by atoms with Gasteiger partial charge < -0.3 is 13.7 Å². The van der Waals surface area contributed by atoms with Crippen LogP contribution in [0.3, 0.4) is 0 Å². The minimum Gasteiger partial charge on any atom is -0.464 e. The maximum atomic E-state index is 12.6. The smallest absolute Gasteiger partial charge is 0.464 e. The summed E-state index contributed by atoms with van der Waals surface area (Å²) in [4.78, 5) is 25.2.